The largest absolute Gasteiger partial charge is 0.497 e. The lowest BCUT2D eigenvalue weighted by Gasteiger charge is -2.08. The minimum absolute atomic E-state index is 0.167. The van der Waals surface area contributed by atoms with Gasteiger partial charge in [-0.3, -0.25) is 5.41 Å². The number of rotatable bonds is 7. The molecule has 0 saturated heterocycles. The third-order valence-electron chi connectivity index (χ3n) is 4.61. The molecule has 0 saturated carbocycles. The van der Waals surface area contributed by atoms with Gasteiger partial charge in [0.05, 0.1) is 25.4 Å². The van der Waals surface area contributed by atoms with E-state index in [9.17, 15) is 0 Å². The number of aryl methyl sites for hydroxylation is 2. The van der Waals surface area contributed by atoms with Gasteiger partial charge in [0.1, 0.15) is 17.0 Å². The van der Waals surface area contributed by atoms with Gasteiger partial charge in [0, 0.05) is 11.0 Å². The first-order chi connectivity index (χ1) is 14.6. The summed E-state index contributed by atoms with van der Waals surface area (Å²) in [7, 11) is 3.26. The van der Waals surface area contributed by atoms with Crippen molar-refractivity contribution in [2.45, 2.75) is 23.0 Å². The summed E-state index contributed by atoms with van der Waals surface area (Å²) in [6.45, 7) is 0.706. The van der Waals surface area contributed by atoms with Crippen LogP contribution in [0.3, 0.4) is 0 Å². The van der Waals surface area contributed by atoms with Crippen LogP contribution >= 0.6 is 27.7 Å². The average molecular weight is 486 g/mol. The second kappa shape index (κ2) is 8.93. The molecule has 0 aliphatic carbocycles. The third-order valence-corrected chi connectivity index (χ3v) is 6.02. The van der Waals surface area contributed by atoms with E-state index < -0.39 is 0 Å². The highest BCUT2D eigenvalue weighted by atomic mass is 79.9. The van der Waals surface area contributed by atoms with Crippen molar-refractivity contribution >= 4 is 38.9 Å². The van der Waals surface area contributed by atoms with Crippen molar-refractivity contribution in [3.63, 3.8) is 0 Å². The Morgan fingerprint density at radius 1 is 1.17 bits per heavy atom. The van der Waals surface area contributed by atoms with E-state index in [2.05, 4.69) is 38.0 Å². The highest BCUT2D eigenvalue weighted by molar-refractivity contribution is 9.10. The first-order valence-corrected chi connectivity index (χ1v) is 10.8. The topological polar surface area (TPSA) is 88.8 Å². The van der Waals surface area contributed by atoms with E-state index in [0.717, 1.165) is 27.3 Å². The van der Waals surface area contributed by atoms with Gasteiger partial charge in [-0.1, -0.05) is 28.1 Å². The Hall–Kier alpha value is -2.78. The molecule has 154 valence electrons. The number of fused-ring (bicyclic) bond motifs is 1. The SMILES string of the molecule is COc1ccc(OC)c(Sc2nc3c([nH]2)c(=N)ncn3CCc2cccc(Br)c2)c1. The highest BCUT2D eigenvalue weighted by Gasteiger charge is 2.13. The molecule has 2 aromatic heterocycles. The smallest absolute Gasteiger partial charge is 0.173 e. The van der Waals surface area contributed by atoms with Crippen LogP contribution in [0.5, 0.6) is 11.5 Å². The van der Waals surface area contributed by atoms with Crippen molar-refractivity contribution in [1.29, 1.82) is 5.41 Å². The van der Waals surface area contributed by atoms with Gasteiger partial charge in [-0.2, -0.15) is 0 Å². The number of benzene rings is 2. The summed E-state index contributed by atoms with van der Waals surface area (Å²) in [5, 5.41) is 8.83. The maximum atomic E-state index is 8.16. The molecule has 0 bridgehead atoms. The Kier molecular flexibility index (Phi) is 6.10. The first-order valence-electron chi connectivity index (χ1n) is 9.21. The minimum atomic E-state index is 0.167. The maximum Gasteiger partial charge on any atom is 0.173 e. The van der Waals surface area contributed by atoms with E-state index in [-0.39, 0.29) is 5.49 Å². The second-order valence-corrected chi connectivity index (χ2v) is 8.47. The highest BCUT2D eigenvalue weighted by Crippen LogP contribution is 2.36. The van der Waals surface area contributed by atoms with Gasteiger partial charge in [-0.15, -0.1) is 0 Å². The van der Waals surface area contributed by atoms with Gasteiger partial charge in [0.25, 0.3) is 0 Å². The molecule has 4 aromatic rings. The number of aromatic amines is 1. The summed E-state index contributed by atoms with van der Waals surface area (Å²) in [5.74, 6) is 1.47. The summed E-state index contributed by atoms with van der Waals surface area (Å²) >= 11 is 4.94. The molecule has 0 unspecified atom stereocenters. The first kappa shape index (κ1) is 20.5. The van der Waals surface area contributed by atoms with E-state index in [4.69, 9.17) is 19.9 Å². The molecule has 0 fully saturated rings. The Balaban J connectivity index is 1.65. The van der Waals surface area contributed by atoms with Crippen molar-refractivity contribution in [2.75, 3.05) is 14.2 Å². The Bertz CT molecular complexity index is 1250. The molecule has 0 aliphatic rings. The van der Waals surface area contributed by atoms with Crippen molar-refractivity contribution < 1.29 is 9.47 Å². The van der Waals surface area contributed by atoms with E-state index in [1.165, 1.54) is 17.3 Å². The van der Waals surface area contributed by atoms with Crippen molar-refractivity contribution in [3.05, 3.63) is 64.3 Å². The van der Waals surface area contributed by atoms with Gasteiger partial charge in [-0.05, 0) is 54.1 Å². The van der Waals surface area contributed by atoms with E-state index in [0.29, 0.717) is 22.9 Å². The molecule has 7 nitrogen and oxygen atoms in total. The normalized spacial score (nSPS) is 11.0. The van der Waals surface area contributed by atoms with Crippen LogP contribution in [-0.4, -0.2) is 33.7 Å². The molecule has 9 heteroatoms. The van der Waals surface area contributed by atoms with Crippen LogP contribution in [0.1, 0.15) is 5.56 Å². The van der Waals surface area contributed by atoms with Crippen molar-refractivity contribution in [1.82, 2.24) is 19.5 Å². The fraction of sp³-hybridized carbons (Fsp3) is 0.190. The summed E-state index contributed by atoms with van der Waals surface area (Å²) in [5.41, 5.74) is 2.69. The number of methoxy groups -OCH3 is 2. The van der Waals surface area contributed by atoms with Crippen LogP contribution in [0.25, 0.3) is 11.2 Å². The Morgan fingerprint density at radius 3 is 2.80 bits per heavy atom. The molecular formula is C21H20BrN5O2S. The van der Waals surface area contributed by atoms with Gasteiger partial charge in [0.15, 0.2) is 16.3 Å². The quantitative estimate of drug-likeness (QED) is 0.404. The number of hydrogen-bond acceptors (Lipinski definition) is 6. The molecule has 2 N–H and O–H groups in total. The predicted molar refractivity (Wildman–Crippen MR) is 119 cm³/mol. The standard InChI is InChI=1S/C21H20BrN5O2S/c1-28-15-6-7-16(29-2)17(11-15)30-21-25-18-19(23)24-12-27(20(18)26-21)9-8-13-4-3-5-14(22)10-13/h3-7,10-12,23H,8-9H2,1-2H3,(H,25,26). The number of H-pyrrole nitrogens is 1. The summed E-state index contributed by atoms with van der Waals surface area (Å²) in [4.78, 5) is 13.0. The average Bonchev–Trinajstić information content (AvgIpc) is 3.18. The predicted octanol–water partition coefficient (Wildman–Crippen LogP) is 4.41. The van der Waals surface area contributed by atoms with Gasteiger partial charge in [-0.25, -0.2) is 9.97 Å². The lowest BCUT2D eigenvalue weighted by Crippen LogP contribution is -2.13. The second-order valence-electron chi connectivity index (χ2n) is 6.53. The summed E-state index contributed by atoms with van der Waals surface area (Å²) in [6.07, 6.45) is 2.50. The molecule has 0 aliphatic heterocycles. The van der Waals surface area contributed by atoms with Crippen molar-refractivity contribution in [2.24, 2.45) is 0 Å². The number of nitrogens with one attached hydrogen (secondary N) is 2. The van der Waals surface area contributed by atoms with Crippen molar-refractivity contribution in [3.8, 4) is 11.5 Å². The molecule has 2 heterocycles. The van der Waals surface area contributed by atoms with Crippen LogP contribution in [0.15, 0.2) is 63.3 Å². The van der Waals surface area contributed by atoms with Gasteiger partial charge in [0.2, 0.25) is 0 Å². The zero-order valence-electron chi connectivity index (χ0n) is 16.5. The number of hydrogen-bond donors (Lipinski definition) is 2. The molecule has 30 heavy (non-hydrogen) atoms. The zero-order valence-corrected chi connectivity index (χ0v) is 18.9. The van der Waals surface area contributed by atoms with Crippen LogP contribution in [0, 0.1) is 5.41 Å². The lowest BCUT2D eigenvalue weighted by atomic mass is 10.1. The van der Waals surface area contributed by atoms with Crippen LogP contribution in [0.2, 0.25) is 0 Å². The maximum absolute atomic E-state index is 8.16. The molecule has 2 aromatic carbocycles. The molecule has 4 rings (SSSR count). The number of imidazole rings is 1. The number of halogens is 1. The minimum Gasteiger partial charge on any atom is -0.497 e. The number of ether oxygens (including phenoxy) is 2. The molecule has 0 amide bonds. The van der Waals surface area contributed by atoms with Gasteiger partial charge >= 0.3 is 0 Å². The van der Waals surface area contributed by atoms with Crippen LogP contribution < -0.4 is 15.0 Å². The van der Waals surface area contributed by atoms with Gasteiger partial charge < -0.3 is 19.0 Å². The third kappa shape index (κ3) is 4.36. The summed E-state index contributed by atoms with van der Waals surface area (Å²) < 4.78 is 13.8. The molecular weight excluding hydrogens is 466 g/mol. The molecule has 0 atom stereocenters. The fourth-order valence-electron chi connectivity index (χ4n) is 3.08. The summed E-state index contributed by atoms with van der Waals surface area (Å²) in [6, 6.07) is 13.8. The number of aromatic nitrogens is 4. The number of nitrogens with zero attached hydrogens (tertiary/aromatic N) is 3. The van der Waals surface area contributed by atoms with E-state index in [1.54, 1.807) is 20.5 Å². The fourth-order valence-corrected chi connectivity index (χ4v) is 4.45. The van der Waals surface area contributed by atoms with Crippen LogP contribution in [-0.2, 0) is 13.0 Å². The zero-order chi connectivity index (χ0) is 21.1. The van der Waals surface area contributed by atoms with E-state index >= 15 is 0 Å². The van der Waals surface area contributed by atoms with E-state index in [1.807, 2.05) is 34.9 Å². The Morgan fingerprint density at radius 2 is 2.03 bits per heavy atom. The molecule has 0 radical (unpaired) electrons. The van der Waals surface area contributed by atoms with Crippen LogP contribution in [0.4, 0.5) is 0 Å². The lowest BCUT2D eigenvalue weighted by molar-refractivity contribution is 0.394. The molecule has 0 spiro atoms. The monoisotopic (exact) mass is 485 g/mol. The Labute approximate surface area is 186 Å².